The van der Waals surface area contributed by atoms with E-state index in [1.165, 1.54) is 0 Å². The fourth-order valence-corrected chi connectivity index (χ4v) is 2.16. The molecule has 4 heteroatoms. The molecule has 2 aromatic rings. The van der Waals surface area contributed by atoms with Gasteiger partial charge in [0.2, 0.25) is 0 Å². The number of Topliss-reactive ketones (excluding diaryl/α,β-unsaturated/α-hetero) is 1. The van der Waals surface area contributed by atoms with Gasteiger partial charge < -0.3 is 10.1 Å². The molecule has 4 nitrogen and oxygen atoms in total. The van der Waals surface area contributed by atoms with E-state index in [1.807, 2.05) is 38.1 Å². The van der Waals surface area contributed by atoms with Gasteiger partial charge >= 0.3 is 0 Å². The molecular weight excluding hydrogens is 290 g/mol. The summed E-state index contributed by atoms with van der Waals surface area (Å²) >= 11 is 0. The van der Waals surface area contributed by atoms with Crippen molar-refractivity contribution in [2.24, 2.45) is 0 Å². The first-order chi connectivity index (χ1) is 11.1. The highest BCUT2D eigenvalue weighted by molar-refractivity contribution is 5.95. The summed E-state index contributed by atoms with van der Waals surface area (Å²) in [4.78, 5) is 23.3. The van der Waals surface area contributed by atoms with Gasteiger partial charge in [0.25, 0.3) is 5.91 Å². The number of nitrogens with one attached hydrogen (secondary N) is 1. The van der Waals surface area contributed by atoms with Gasteiger partial charge in [0.1, 0.15) is 5.75 Å². The average molecular weight is 311 g/mol. The summed E-state index contributed by atoms with van der Waals surface area (Å²) in [7, 11) is 0. The lowest BCUT2D eigenvalue weighted by molar-refractivity contribution is -0.123. The minimum Gasteiger partial charge on any atom is -0.484 e. The van der Waals surface area contributed by atoms with Gasteiger partial charge in [-0.1, -0.05) is 36.8 Å². The highest BCUT2D eigenvalue weighted by Gasteiger charge is 2.05. The lowest BCUT2D eigenvalue weighted by Gasteiger charge is -2.08. The third-order valence-corrected chi connectivity index (χ3v) is 3.44. The second kappa shape index (κ2) is 8.13. The third kappa shape index (κ3) is 5.25. The van der Waals surface area contributed by atoms with Crippen LogP contribution in [0.15, 0.2) is 48.5 Å². The number of hydrogen-bond donors (Lipinski definition) is 1. The summed E-state index contributed by atoms with van der Waals surface area (Å²) < 4.78 is 5.42. The maximum atomic E-state index is 11.8. The van der Waals surface area contributed by atoms with Crippen molar-refractivity contribution in [3.63, 3.8) is 0 Å². The summed E-state index contributed by atoms with van der Waals surface area (Å²) in [6.45, 7) is 4.27. The number of carbonyl (C=O) groups excluding carboxylic acids is 2. The van der Waals surface area contributed by atoms with E-state index in [4.69, 9.17) is 4.74 Å². The van der Waals surface area contributed by atoms with E-state index < -0.39 is 0 Å². The fraction of sp³-hybridized carbons (Fsp3) is 0.263. The maximum Gasteiger partial charge on any atom is 0.258 e. The molecule has 0 radical (unpaired) electrons. The molecule has 1 amide bonds. The first kappa shape index (κ1) is 16.7. The number of amides is 1. The molecule has 0 unspecified atom stereocenters. The van der Waals surface area contributed by atoms with E-state index in [1.54, 1.807) is 24.3 Å². The molecule has 0 spiro atoms. The van der Waals surface area contributed by atoms with Gasteiger partial charge in [-0.25, -0.2) is 0 Å². The molecule has 2 aromatic carbocycles. The molecule has 0 saturated heterocycles. The van der Waals surface area contributed by atoms with Crippen molar-refractivity contribution in [2.75, 3.05) is 6.61 Å². The fourth-order valence-electron chi connectivity index (χ4n) is 2.16. The number of rotatable bonds is 7. The van der Waals surface area contributed by atoms with Crippen molar-refractivity contribution in [2.45, 2.75) is 26.8 Å². The van der Waals surface area contributed by atoms with Crippen LogP contribution in [0.5, 0.6) is 5.75 Å². The first-order valence-corrected chi connectivity index (χ1v) is 7.67. The maximum absolute atomic E-state index is 11.8. The predicted octanol–water partition coefficient (Wildman–Crippen LogP) is 3.28. The molecular formula is C19H21NO3. The van der Waals surface area contributed by atoms with Crippen LogP contribution in [0.2, 0.25) is 0 Å². The molecule has 0 aliphatic heterocycles. The summed E-state index contributed by atoms with van der Waals surface area (Å²) in [5, 5.41) is 2.82. The Balaban J connectivity index is 1.79. The Kier molecular flexibility index (Phi) is 5.92. The number of ether oxygens (including phenoxy) is 1. The largest absolute Gasteiger partial charge is 0.484 e. The standard InChI is InChI=1S/C19H21NO3/c1-3-18(21)16-7-9-17(10-8-16)23-13-19(22)20-12-15-6-4-5-14(2)11-15/h4-11H,3,12-13H2,1-2H3,(H,20,22). The van der Waals surface area contributed by atoms with Crippen molar-refractivity contribution in [3.05, 3.63) is 65.2 Å². The molecule has 1 N–H and O–H groups in total. The van der Waals surface area contributed by atoms with Crippen LogP contribution in [0.1, 0.15) is 34.8 Å². The average Bonchev–Trinajstić information content (AvgIpc) is 2.58. The Morgan fingerprint density at radius 3 is 2.48 bits per heavy atom. The Morgan fingerprint density at radius 1 is 1.09 bits per heavy atom. The number of carbonyl (C=O) groups is 2. The van der Waals surface area contributed by atoms with Gasteiger partial charge in [-0.3, -0.25) is 9.59 Å². The monoisotopic (exact) mass is 311 g/mol. The van der Waals surface area contributed by atoms with Gasteiger partial charge in [-0.15, -0.1) is 0 Å². The molecule has 0 atom stereocenters. The highest BCUT2D eigenvalue weighted by Crippen LogP contribution is 2.13. The third-order valence-electron chi connectivity index (χ3n) is 3.44. The quantitative estimate of drug-likeness (QED) is 0.798. The van der Waals surface area contributed by atoms with Gasteiger partial charge in [-0.2, -0.15) is 0 Å². The smallest absolute Gasteiger partial charge is 0.258 e. The Bertz CT molecular complexity index is 677. The van der Waals surface area contributed by atoms with Crippen LogP contribution in [0.3, 0.4) is 0 Å². The number of hydrogen-bond acceptors (Lipinski definition) is 3. The normalized spacial score (nSPS) is 10.2. The number of aryl methyl sites for hydroxylation is 1. The Labute approximate surface area is 136 Å². The molecule has 120 valence electrons. The summed E-state index contributed by atoms with van der Waals surface area (Å²) in [5.74, 6) is 0.482. The lowest BCUT2D eigenvalue weighted by atomic mass is 10.1. The SMILES string of the molecule is CCC(=O)c1ccc(OCC(=O)NCc2cccc(C)c2)cc1. The summed E-state index contributed by atoms with van der Waals surface area (Å²) in [6, 6.07) is 14.8. The van der Waals surface area contributed by atoms with Crippen molar-refractivity contribution >= 4 is 11.7 Å². The van der Waals surface area contributed by atoms with E-state index >= 15 is 0 Å². The van der Waals surface area contributed by atoms with Crippen molar-refractivity contribution in [1.29, 1.82) is 0 Å². The Hall–Kier alpha value is -2.62. The van der Waals surface area contributed by atoms with Crippen LogP contribution >= 0.6 is 0 Å². The summed E-state index contributed by atoms with van der Waals surface area (Å²) in [6.07, 6.45) is 0.474. The molecule has 0 saturated carbocycles. The van der Waals surface area contributed by atoms with Crippen LogP contribution in [0, 0.1) is 6.92 Å². The molecule has 23 heavy (non-hydrogen) atoms. The van der Waals surface area contributed by atoms with Gasteiger partial charge in [-0.05, 0) is 36.8 Å². The molecule has 0 heterocycles. The van der Waals surface area contributed by atoms with Crippen LogP contribution in [-0.4, -0.2) is 18.3 Å². The van der Waals surface area contributed by atoms with Crippen LogP contribution in [0.4, 0.5) is 0 Å². The topological polar surface area (TPSA) is 55.4 Å². The molecule has 0 bridgehead atoms. The van der Waals surface area contributed by atoms with E-state index in [0.29, 0.717) is 24.3 Å². The van der Waals surface area contributed by atoms with Crippen LogP contribution < -0.4 is 10.1 Å². The van der Waals surface area contributed by atoms with Crippen molar-refractivity contribution in [1.82, 2.24) is 5.32 Å². The molecule has 0 fully saturated rings. The van der Waals surface area contributed by atoms with Gasteiger partial charge in [0.05, 0.1) is 0 Å². The first-order valence-electron chi connectivity index (χ1n) is 7.67. The van der Waals surface area contributed by atoms with E-state index in [0.717, 1.165) is 11.1 Å². The Morgan fingerprint density at radius 2 is 1.83 bits per heavy atom. The summed E-state index contributed by atoms with van der Waals surface area (Å²) in [5.41, 5.74) is 2.87. The number of benzene rings is 2. The van der Waals surface area contributed by atoms with E-state index in [-0.39, 0.29) is 18.3 Å². The van der Waals surface area contributed by atoms with Crippen LogP contribution in [-0.2, 0) is 11.3 Å². The molecule has 0 aromatic heterocycles. The molecule has 0 aliphatic carbocycles. The minimum atomic E-state index is -0.180. The molecule has 0 aliphatic rings. The van der Waals surface area contributed by atoms with Crippen molar-refractivity contribution < 1.29 is 14.3 Å². The van der Waals surface area contributed by atoms with Crippen LogP contribution in [0.25, 0.3) is 0 Å². The predicted molar refractivity (Wildman–Crippen MR) is 89.6 cm³/mol. The molecule has 2 rings (SSSR count). The number of ketones is 1. The highest BCUT2D eigenvalue weighted by atomic mass is 16.5. The zero-order valence-corrected chi connectivity index (χ0v) is 13.5. The van der Waals surface area contributed by atoms with Crippen molar-refractivity contribution in [3.8, 4) is 5.75 Å². The second-order valence-electron chi connectivity index (χ2n) is 5.36. The van der Waals surface area contributed by atoms with Gasteiger partial charge in [0.15, 0.2) is 12.4 Å². The van der Waals surface area contributed by atoms with E-state index in [2.05, 4.69) is 5.32 Å². The lowest BCUT2D eigenvalue weighted by Crippen LogP contribution is -2.28. The zero-order chi connectivity index (χ0) is 16.7. The minimum absolute atomic E-state index is 0.0487. The van der Waals surface area contributed by atoms with Gasteiger partial charge in [0, 0.05) is 18.5 Å². The zero-order valence-electron chi connectivity index (χ0n) is 13.5. The second-order valence-corrected chi connectivity index (χ2v) is 5.36. The van der Waals surface area contributed by atoms with E-state index in [9.17, 15) is 9.59 Å².